The molecule has 1 aliphatic heterocycles. The fraction of sp³-hybridized carbons (Fsp3) is 0.240. The Morgan fingerprint density at radius 2 is 2.00 bits per heavy atom. The van der Waals surface area contributed by atoms with Crippen molar-refractivity contribution in [2.75, 3.05) is 31.7 Å². The lowest BCUT2D eigenvalue weighted by Crippen LogP contribution is -2.31. The SMILES string of the molecule is CCOC(=O)CNC(=O)c1ccc(Cl)c(N(C)C(=O)c2cc3c(s2)-c2ccc(Br)cc2OCC3)c1. The number of thiophene rings is 1. The van der Waals surface area contributed by atoms with E-state index >= 15 is 0 Å². The van der Waals surface area contributed by atoms with E-state index in [-0.39, 0.29) is 24.6 Å². The van der Waals surface area contributed by atoms with Gasteiger partial charge >= 0.3 is 5.97 Å². The molecule has 0 spiro atoms. The van der Waals surface area contributed by atoms with Gasteiger partial charge in [0, 0.05) is 33.9 Å². The van der Waals surface area contributed by atoms with Gasteiger partial charge in [-0.15, -0.1) is 11.3 Å². The molecule has 7 nitrogen and oxygen atoms in total. The Morgan fingerprint density at radius 1 is 1.20 bits per heavy atom. The summed E-state index contributed by atoms with van der Waals surface area (Å²) < 4.78 is 11.6. The molecule has 1 N–H and O–H groups in total. The van der Waals surface area contributed by atoms with Crippen molar-refractivity contribution in [3.05, 3.63) is 68.0 Å². The molecule has 0 saturated heterocycles. The smallest absolute Gasteiger partial charge is 0.325 e. The van der Waals surface area contributed by atoms with Crippen LogP contribution in [-0.2, 0) is 16.0 Å². The van der Waals surface area contributed by atoms with Gasteiger partial charge in [-0.3, -0.25) is 14.4 Å². The molecule has 0 radical (unpaired) electrons. The highest BCUT2D eigenvalue weighted by Gasteiger charge is 2.25. The van der Waals surface area contributed by atoms with Crippen molar-refractivity contribution >= 4 is 62.3 Å². The Kier molecular flexibility index (Phi) is 7.78. The number of anilines is 1. The molecule has 3 aromatic rings. The summed E-state index contributed by atoms with van der Waals surface area (Å²) in [5.74, 6) is -0.466. The number of fused-ring (bicyclic) bond motifs is 3. The Bertz CT molecular complexity index is 1310. The van der Waals surface area contributed by atoms with E-state index in [2.05, 4.69) is 21.2 Å². The molecular formula is C25H22BrClN2O5S. The van der Waals surface area contributed by atoms with Crippen molar-refractivity contribution in [3.63, 3.8) is 0 Å². The van der Waals surface area contributed by atoms with Crippen LogP contribution in [0.2, 0.25) is 5.02 Å². The fourth-order valence-corrected chi connectivity index (χ4v) is 5.47. The van der Waals surface area contributed by atoms with Crippen LogP contribution in [0.5, 0.6) is 5.75 Å². The molecule has 0 atom stereocenters. The molecule has 0 bridgehead atoms. The molecule has 0 saturated carbocycles. The standard InChI is InChI=1S/C25H22BrClN2O5S/c1-3-33-22(30)13-28-24(31)15-4-7-18(27)19(10-15)29(2)25(32)21-11-14-8-9-34-20-12-16(26)5-6-17(20)23(14)35-21/h4-7,10-12H,3,8-9,13H2,1-2H3,(H,28,31). The van der Waals surface area contributed by atoms with E-state index in [1.54, 1.807) is 20.0 Å². The van der Waals surface area contributed by atoms with Crippen LogP contribution in [0.25, 0.3) is 10.4 Å². The summed E-state index contributed by atoms with van der Waals surface area (Å²) in [5.41, 5.74) is 2.65. The zero-order chi connectivity index (χ0) is 25.1. The van der Waals surface area contributed by atoms with Crippen LogP contribution >= 0.6 is 38.9 Å². The summed E-state index contributed by atoms with van der Waals surface area (Å²) in [6.07, 6.45) is 0.687. The minimum absolute atomic E-state index is 0.231. The van der Waals surface area contributed by atoms with E-state index in [0.29, 0.717) is 28.6 Å². The normalized spacial score (nSPS) is 12.0. The highest BCUT2D eigenvalue weighted by atomic mass is 79.9. The molecule has 10 heteroatoms. The van der Waals surface area contributed by atoms with Crippen molar-refractivity contribution in [1.82, 2.24) is 5.32 Å². The molecule has 2 amide bonds. The van der Waals surface area contributed by atoms with Crippen LogP contribution in [-0.4, -0.2) is 44.6 Å². The Hall–Kier alpha value is -2.88. The van der Waals surface area contributed by atoms with Gasteiger partial charge in [-0.2, -0.15) is 0 Å². The van der Waals surface area contributed by atoms with Crippen LogP contribution in [0.3, 0.4) is 0 Å². The number of benzene rings is 2. The van der Waals surface area contributed by atoms with Gasteiger partial charge in [0.1, 0.15) is 12.3 Å². The van der Waals surface area contributed by atoms with Gasteiger partial charge in [0.2, 0.25) is 0 Å². The van der Waals surface area contributed by atoms with Crippen molar-refractivity contribution in [1.29, 1.82) is 0 Å². The van der Waals surface area contributed by atoms with E-state index in [4.69, 9.17) is 21.1 Å². The molecular weight excluding hydrogens is 556 g/mol. The van der Waals surface area contributed by atoms with Crippen LogP contribution in [0.15, 0.2) is 46.9 Å². The molecule has 35 heavy (non-hydrogen) atoms. The molecule has 182 valence electrons. The summed E-state index contributed by atoms with van der Waals surface area (Å²) in [7, 11) is 1.61. The van der Waals surface area contributed by atoms with E-state index in [1.807, 2.05) is 24.3 Å². The second kappa shape index (κ2) is 10.8. The van der Waals surface area contributed by atoms with Gasteiger partial charge in [0.15, 0.2) is 0 Å². The lowest BCUT2D eigenvalue weighted by molar-refractivity contribution is -0.141. The predicted molar refractivity (Wildman–Crippen MR) is 140 cm³/mol. The van der Waals surface area contributed by atoms with Crippen molar-refractivity contribution in [2.45, 2.75) is 13.3 Å². The summed E-state index contributed by atoms with van der Waals surface area (Å²) in [4.78, 5) is 40.4. The first-order valence-corrected chi connectivity index (χ1v) is 12.8. The zero-order valence-corrected chi connectivity index (χ0v) is 22.2. The number of esters is 1. The summed E-state index contributed by atoms with van der Waals surface area (Å²) in [5, 5.41) is 2.83. The highest BCUT2D eigenvalue weighted by Crippen LogP contribution is 2.42. The largest absolute Gasteiger partial charge is 0.493 e. The highest BCUT2D eigenvalue weighted by molar-refractivity contribution is 9.10. The maximum Gasteiger partial charge on any atom is 0.325 e. The maximum atomic E-state index is 13.4. The Morgan fingerprint density at radius 3 is 2.77 bits per heavy atom. The molecule has 1 aromatic heterocycles. The van der Waals surface area contributed by atoms with Crippen LogP contribution in [0.1, 0.15) is 32.5 Å². The van der Waals surface area contributed by atoms with Crippen LogP contribution < -0.4 is 15.0 Å². The number of carbonyl (C=O) groups excluding carboxylic acids is 3. The topological polar surface area (TPSA) is 84.9 Å². The van der Waals surface area contributed by atoms with Gasteiger partial charge in [-0.1, -0.05) is 27.5 Å². The minimum atomic E-state index is -0.529. The molecule has 0 unspecified atom stereocenters. The third-order valence-corrected chi connectivity index (χ3v) is 7.42. The van der Waals surface area contributed by atoms with Gasteiger partial charge in [-0.05, 0) is 55.0 Å². The van der Waals surface area contributed by atoms with Crippen LogP contribution in [0, 0.1) is 0 Å². The second-order valence-corrected chi connectivity index (χ2v) is 10.1. The quantitative estimate of drug-likeness (QED) is 0.400. The maximum absolute atomic E-state index is 13.4. The third kappa shape index (κ3) is 5.52. The minimum Gasteiger partial charge on any atom is -0.493 e. The average molecular weight is 578 g/mol. The van der Waals surface area contributed by atoms with Crippen LogP contribution in [0.4, 0.5) is 5.69 Å². The zero-order valence-electron chi connectivity index (χ0n) is 19.0. The van der Waals surface area contributed by atoms with Gasteiger partial charge in [0.25, 0.3) is 11.8 Å². The summed E-state index contributed by atoms with van der Waals surface area (Å²) >= 11 is 11.3. The van der Waals surface area contributed by atoms with Gasteiger partial charge in [-0.25, -0.2) is 0 Å². The van der Waals surface area contributed by atoms with Gasteiger partial charge < -0.3 is 19.7 Å². The molecule has 0 aliphatic carbocycles. The second-order valence-electron chi connectivity index (χ2n) is 7.72. The predicted octanol–water partition coefficient (Wildman–Crippen LogP) is 5.34. The Balaban J connectivity index is 1.58. The first-order valence-electron chi connectivity index (χ1n) is 10.8. The molecule has 2 heterocycles. The van der Waals surface area contributed by atoms with E-state index in [9.17, 15) is 14.4 Å². The number of halogens is 2. The summed E-state index contributed by atoms with van der Waals surface area (Å²) in [6, 6.07) is 12.4. The number of carbonyl (C=O) groups is 3. The van der Waals surface area contributed by atoms with Crippen molar-refractivity contribution in [3.8, 4) is 16.2 Å². The Labute approximate surface area is 220 Å². The molecule has 0 fully saturated rings. The number of nitrogens with zero attached hydrogens (tertiary/aromatic N) is 1. The number of hydrogen-bond donors (Lipinski definition) is 1. The summed E-state index contributed by atoms with van der Waals surface area (Å²) in [6.45, 7) is 2.19. The number of nitrogens with one attached hydrogen (secondary N) is 1. The van der Waals surface area contributed by atoms with Crippen molar-refractivity contribution < 1.29 is 23.9 Å². The molecule has 1 aliphatic rings. The number of hydrogen-bond acceptors (Lipinski definition) is 6. The third-order valence-electron chi connectivity index (χ3n) is 5.41. The number of rotatable bonds is 6. The van der Waals surface area contributed by atoms with E-state index in [0.717, 1.165) is 26.2 Å². The lowest BCUT2D eigenvalue weighted by atomic mass is 10.1. The fourth-order valence-electron chi connectivity index (χ4n) is 3.67. The first-order chi connectivity index (χ1) is 16.8. The van der Waals surface area contributed by atoms with E-state index < -0.39 is 11.9 Å². The number of amides is 2. The molecule has 2 aromatic carbocycles. The van der Waals surface area contributed by atoms with E-state index in [1.165, 1.54) is 28.4 Å². The van der Waals surface area contributed by atoms with Gasteiger partial charge in [0.05, 0.1) is 28.8 Å². The first kappa shape index (κ1) is 25.2. The molecule has 4 rings (SSSR count). The monoisotopic (exact) mass is 576 g/mol. The lowest BCUT2D eigenvalue weighted by Gasteiger charge is -2.19. The van der Waals surface area contributed by atoms with Crippen molar-refractivity contribution in [2.24, 2.45) is 0 Å². The average Bonchev–Trinajstić information content (AvgIpc) is 3.18. The number of ether oxygens (including phenoxy) is 2.